The molecule has 20 heavy (non-hydrogen) atoms. The number of anilines is 1. The van der Waals surface area contributed by atoms with Crippen LogP contribution in [0.25, 0.3) is 0 Å². The average Bonchev–Trinajstić information content (AvgIpc) is 2.42. The van der Waals surface area contributed by atoms with Crippen molar-refractivity contribution in [3.05, 3.63) is 48.5 Å². The molecule has 0 aliphatic carbocycles. The van der Waals surface area contributed by atoms with E-state index in [9.17, 15) is 12.8 Å². The number of halogens is 1. The number of ether oxygens (including phenoxy) is 1. The van der Waals surface area contributed by atoms with E-state index in [1.54, 1.807) is 12.1 Å². The summed E-state index contributed by atoms with van der Waals surface area (Å²) >= 11 is 0. The standard InChI is InChI=1S/C13H13FN2O3S/c1-2-19-11-4-6-12(7-5-11)20(17,18)16-10-3-8-13(14)15-9-10/h3-9,16H,2H2,1H3. The molecular weight excluding hydrogens is 283 g/mol. The fourth-order valence-electron chi connectivity index (χ4n) is 1.53. The van der Waals surface area contributed by atoms with Gasteiger partial charge in [0.25, 0.3) is 10.0 Å². The fraction of sp³-hybridized carbons (Fsp3) is 0.154. The number of benzene rings is 1. The number of aromatic nitrogens is 1. The van der Waals surface area contributed by atoms with E-state index in [0.717, 1.165) is 12.3 Å². The third kappa shape index (κ3) is 3.45. The van der Waals surface area contributed by atoms with Gasteiger partial charge in [0.15, 0.2) is 0 Å². The summed E-state index contributed by atoms with van der Waals surface area (Å²) in [4.78, 5) is 3.47. The van der Waals surface area contributed by atoms with Crippen molar-refractivity contribution < 1.29 is 17.5 Å². The summed E-state index contributed by atoms with van der Waals surface area (Å²) in [6.07, 6.45) is 1.11. The maximum atomic E-state index is 12.7. The van der Waals surface area contributed by atoms with Gasteiger partial charge < -0.3 is 4.74 Å². The van der Waals surface area contributed by atoms with Crippen LogP contribution in [0.1, 0.15) is 6.92 Å². The molecule has 5 nitrogen and oxygen atoms in total. The first kappa shape index (κ1) is 14.3. The van der Waals surface area contributed by atoms with Gasteiger partial charge in [0, 0.05) is 0 Å². The Morgan fingerprint density at radius 2 is 1.90 bits per heavy atom. The van der Waals surface area contributed by atoms with Gasteiger partial charge in [0.2, 0.25) is 5.95 Å². The first-order valence-corrected chi connectivity index (χ1v) is 7.37. The van der Waals surface area contributed by atoms with E-state index in [0.29, 0.717) is 12.4 Å². The Morgan fingerprint density at radius 3 is 2.45 bits per heavy atom. The second-order valence-electron chi connectivity index (χ2n) is 3.88. The minimum absolute atomic E-state index is 0.0882. The predicted octanol–water partition coefficient (Wildman–Crippen LogP) is 2.42. The Labute approximate surface area is 116 Å². The van der Waals surface area contributed by atoms with Gasteiger partial charge in [0.1, 0.15) is 5.75 Å². The van der Waals surface area contributed by atoms with E-state index in [2.05, 4.69) is 9.71 Å². The molecule has 0 unspecified atom stereocenters. The number of pyridine rings is 1. The van der Waals surface area contributed by atoms with Crippen LogP contribution >= 0.6 is 0 Å². The first-order valence-electron chi connectivity index (χ1n) is 5.88. The molecule has 0 radical (unpaired) electrons. The molecule has 2 aromatic rings. The lowest BCUT2D eigenvalue weighted by atomic mass is 10.3. The maximum Gasteiger partial charge on any atom is 0.261 e. The number of nitrogens with zero attached hydrogens (tertiary/aromatic N) is 1. The zero-order valence-corrected chi connectivity index (χ0v) is 11.5. The van der Waals surface area contributed by atoms with E-state index >= 15 is 0 Å². The van der Waals surface area contributed by atoms with Gasteiger partial charge in [-0.05, 0) is 43.3 Å². The van der Waals surface area contributed by atoms with Crippen LogP contribution in [0.3, 0.4) is 0 Å². The summed E-state index contributed by atoms with van der Waals surface area (Å²) in [6.45, 7) is 2.35. The van der Waals surface area contributed by atoms with Crippen molar-refractivity contribution in [1.29, 1.82) is 0 Å². The molecule has 1 aromatic carbocycles. The van der Waals surface area contributed by atoms with Crippen LogP contribution in [0.5, 0.6) is 5.75 Å². The lowest BCUT2D eigenvalue weighted by Crippen LogP contribution is -2.13. The molecule has 1 heterocycles. The van der Waals surface area contributed by atoms with Gasteiger partial charge in [0.05, 0.1) is 23.4 Å². The summed E-state index contributed by atoms with van der Waals surface area (Å²) in [5, 5.41) is 0. The monoisotopic (exact) mass is 296 g/mol. The fourth-order valence-corrected chi connectivity index (χ4v) is 2.58. The van der Waals surface area contributed by atoms with Crippen LogP contribution in [0, 0.1) is 5.95 Å². The quantitative estimate of drug-likeness (QED) is 0.860. The number of hydrogen-bond donors (Lipinski definition) is 1. The van der Waals surface area contributed by atoms with Gasteiger partial charge in [-0.1, -0.05) is 0 Å². The van der Waals surface area contributed by atoms with Crippen molar-refractivity contribution in [2.24, 2.45) is 0 Å². The zero-order valence-electron chi connectivity index (χ0n) is 10.7. The van der Waals surface area contributed by atoms with Gasteiger partial charge in [-0.2, -0.15) is 4.39 Å². The second-order valence-corrected chi connectivity index (χ2v) is 5.56. The van der Waals surface area contributed by atoms with E-state index < -0.39 is 16.0 Å². The Bertz CT molecular complexity index is 670. The molecular formula is C13H13FN2O3S. The number of nitrogens with one attached hydrogen (secondary N) is 1. The number of rotatable bonds is 5. The van der Waals surface area contributed by atoms with Crippen LogP contribution in [-0.2, 0) is 10.0 Å². The Kier molecular flexibility index (Phi) is 4.19. The van der Waals surface area contributed by atoms with Crippen molar-refractivity contribution in [2.75, 3.05) is 11.3 Å². The third-order valence-electron chi connectivity index (χ3n) is 2.42. The highest BCUT2D eigenvalue weighted by Crippen LogP contribution is 2.18. The normalized spacial score (nSPS) is 11.1. The summed E-state index contributed by atoms with van der Waals surface area (Å²) in [6, 6.07) is 8.39. The van der Waals surface area contributed by atoms with Crippen molar-refractivity contribution >= 4 is 15.7 Å². The van der Waals surface area contributed by atoms with E-state index in [1.807, 2.05) is 6.92 Å². The molecule has 0 spiro atoms. The molecule has 2 rings (SSSR count). The smallest absolute Gasteiger partial charge is 0.261 e. The predicted molar refractivity (Wildman–Crippen MR) is 72.6 cm³/mol. The molecule has 1 aromatic heterocycles. The van der Waals surface area contributed by atoms with E-state index in [-0.39, 0.29) is 10.6 Å². The molecule has 0 fully saturated rings. The largest absolute Gasteiger partial charge is 0.494 e. The van der Waals surface area contributed by atoms with Crippen LogP contribution in [0.4, 0.5) is 10.1 Å². The second kappa shape index (κ2) is 5.87. The van der Waals surface area contributed by atoms with Crippen molar-refractivity contribution in [3.63, 3.8) is 0 Å². The highest BCUT2D eigenvalue weighted by Gasteiger charge is 2.14. The Hall–Kier alpha value is -2.15. The molecule has 7 heteroatoms. The first-order chi connectivity index (χ1) is 9.51. The molecule has 0 saturated carbocycles. The molecule has 0 saturated heterocycles. The maximum absolute atomic E-state index is 12.7. The minimum atomic E-state index is -3.73. The topological polar surface area (TPSA) is 68.3 Å². The lowest BCUT2D eigenvalue weighted by Gasteiger charge is -2.08. The third-order valence-corrected chi connectivity index (χ3v) is 3.82. The molecule has 0 aliphatic heterocycles. The van der Waals surface area contributed by atoms with Crippen molar-refractivity contribution in [1.82, 2.24) is 4.98 Å². The molecule has 0 bridgehead atoms. The summed E-state index contributed by atoms with van der Waals surface area (Å²) in [5.74, 6) is -0.0797. The minimum Gasteiger partial charge on any atom is -0.494 e. The summed E-state index contributed by atoms with van der Waals surface area (Å²) < 4.78 is 44.4. The number of sulfonamides is 1. The van der Waals surface area contributed by atoms with Gasteiger partial charge in [-0.15, -0.1) is 0 Å². The molecule has 0 aliphatic rings. The molecule has 1 N–H and O–H groups in total. The summed E-state index contributed by atoms with van der Waals surface area (Å²) in [7, 11) is -3.73. The lowest BCUT2D eigenvalue weighted by molar-refractivity contribution is 0.340. The Morgan fingerprint density at radius 1 is 1.20 bits per heavy atom. The van der Waals surface area contributed by atoms with Crippen molar-refractivity contribution in [2.45, 2.75) is 11.8 Å². The highest BCUT2D eigenvalue weighted by molar-refractivity contribution is 7.92. The van der Waals surface area contributed by atoms with Crippen LogP contribution in [0.15, 0.2) is 47.5 Å². The number of hydrogen-bond acceptors (Lipinski definition) is 4. The van der Waals surface area contributed by atoms with Gasteiger partial charge in [-0.3, -0.25) is 4.72 Å². The van der Waals surface area contributed by atoms with Crippen LogP contribution in [-0.4, -0.2) is 20.0 Å². The molecule has 0 amide bonds. The molecule has 106 valence electrons. The van der Waals surface area contributed by atoms with E-state index in [1.165, 1.54) is 18.2 Å². The van der Waals surface area contributed by atoms with Crippen molar-refractivity contribution in [3.8, 4) is 5.75 Å². The average molecular weight is 296 g/mol. The highest BCUT2D eigenvalue weighted by atomic mass is 32.2. The SMILES string of the molecule is CCOc1ccc(S(=O)(=O)Nc2ccc(F)nc2)cc1. The zero-order chi connectivity index (χ0) is 14.6. The van der Waals surface area contributed by atoms with E-state index in [4.69, 9.17) is 4.74 Å². The van der Waals surface area contributed by atoms with Gasteiger partial charge in [-0.25, -0.2) is 13.4 Å². The Balaban J connectivity index is 2.19. The summed E-state index contributed by atoms with van der Waals surface area (Å²) in [5.41, 5.74) is 0.195. The van der Waals surface area contributed by atoms with Crippen LogP contribution < -0.4 is 9.46 Å². The van der Waals surface area contributed by atoms with Gasteiger partial charge >= 0.3 is 0 Å². The van der Waals surface area contributed by atoms with Crippen LogP contribution in [0.2, 0.25) is 0 Å². The molecule has 0 atom stereocenters.